The van der Waals surface area contributed by atoms with E-state index in [0.717, 1.165) is 12.1 Å². The van der Waals surface area contributed by atoms with E-state index in [4.69, 9.17) is 0 Å². The van der Waals surface area contributed by atoms with Crippen molar-refractivity contribution in [3.63, 3.8) is 0 Å². The van der Waals surface area contributed by atoms with Gasteiger partial charge in [-0.1, -0.05) is 33.6 Å². The lowest BCUT2D eigenvalue weighted by molar-refractivity contribution is 0.0988. The topological polar surface area (TPSA) is 3.24 Å². The Morgan fingerprint density at radius 1 is 0.929 bits per heavy atom. The Balaban J connectivity index is 2.02. The largest absolute Gasteiger partial charge is 0.297 e. The number of hydrogen-bond donors (Lipinski definition) is 0. The first-order chi connectivity index (χ1) is 6.59. The fourth-order valence-corrected chi connectivity index (χ4v) is 3.39. The van der Waals surface area contributed by atoms with E-state index in [0.29, 0.717) is 5.41 Å². The van der Waals surface area contributed by atoms with Crippen molar-refractivity contribution in [1.82, 2.24) is 4.90 Å². The Morgan fingerprint density at radius 3 is 2.14 bits per heavy atom. The Bertz CT molecular complexity index is 186. The van der Waals surface area contributed by atoms with Crippen molar-refractivity contribution in [2.45, 2.75) is 71.4 Å². The van der Waals surface area contributed by atoms with Crippen molar-refractivity contribution in [1.29, 1.82) is 0 Å². The molecule has 1 nitrogen and oxygen atoms in total. The lowest BCUT2D eigenvalue weighted by Crippen LogP contribution is -2.44. The molecule has 2 aliphatic rings. The molecule has 1 heterocycles. The molecule has 1 saturated heterocycles. The Labute approximate surface area is 88.9 Å². The van der Waals surface area contributed by atoms with Gasteiger partial charge < -0.3 is 0 Å². The van der Waals surface area contributed by atoms with Gasteiger partial charge in [0.1, 0.15) is 0 Å². The van der Waals surface area contributed by atoms with Crippen LogP contribution in [0.1, 0.15) is 59.3 Å². The molecule has 0 bridgehead atoms. The molecule has 1 atom stereocenters. The Kier molecular flexibility index (Phi) is 2.88. The van der Waals surface area contributed by atoms with Crippen LogP contribution in [0.25, 0.3) is 0 Å². The average molecular weight is 195 g/mol. The molecule has 1 unspecified atom stereocenters. The molecule has 0 amide bonds. The summed E-state index contributed by atoms with van der Waals surface area (Å²) in [6.07, 6.45) is 8.73. The third kappa shape index (κ3) is 1.98. The van der Waals surface area contributed by atoms with Crippen molar-refractivity contribution in [3.8, 4) is 0 Å². The molecule has 2 rings (SSSR count). The first-order valence-electron chi connectivity index (χ1n) is 6.35. The van der Waals surface area contributed by atoms with Crippen LogP contribution in [-0.2, 0) is 0 Å². The van der Waals surface area contributed by atoms with Crippen molar-refractivity contribution in [2.75, 3.05) is 6.54 Å². The van der Waals surface area contributed by atoms with Crippen molar-refractivity contribution in [3.05, 3.63) is 0 Å². The predicted octanol–water partition coefficient (Wildman–Crippen LogP) is 3.44. The summed E-state index contributed by atoms with van der Waals surface area (Å²) in [5, 5.41) is 0. The second-order valence-corrected chi connectivity index (χ2v) is 6.20. The molecular formula is C13H25N. The van der Waals surface area contributed by atoms with E-state index in [-0.39, 0.29) is 0 Å². The van der Waals surface area contributed by atoms with Gasteiger partial charge in [-0.05, 0) is 37.6 Å². The standard InChI is InChI=1S/C13H25N/c1-13(2,3)12-9-6-10-14(12)11-7-4-5-8-11/h11-12H,4-10H2,1-3H3. The molecule has 1 aliphatic heterocycles. The van der Waals surface area contributed by atoms with Crippen LogP contribution in [0.3, 0.4) is 0 Å². The van der Waals surface area contributed by atoms with Crippen molar-refractivity contribution in [2.24, 2.45) is 5.41 Å². The van der Waals surface area contributed by atoms with Gasteiger partial charge >= 0.3 is 0 Å². The Morgan fingerprint density at radius 2 is 1.57 bits per heavy atom. The fraction of sp³-hybridized carbons (Fsp3) is 1.00. The van der Waals surface area contributed by atoms with Crippen LogP contribution in [0.2, 0.25) is 0 Å². The van der Waals surface area contributed by atoms with Gasteiger partial charge in [0.25, 0.3) is 0 Å². The lowest BCUT2D eigenvalue weighted by atomic mass is 9.84. The minimum absolute atomic E-state index is 0.485. The molecular weight excluding hydrogens is 170 g/mol. The molecule has 14 heavy (non-hydrogen) atoms. The maximum atomic E-state index is 2.83. The summed E-state index contributed by atoms with van der Waals surface area (Å²) < 4.78 is 0. The van der Waals surface area contributed by atoms with Gasteiger partial charge in [0, 0.05) is 12.1 Å². The number of nitrogens with zero attached hydrogens (tertiary/aromatic N) is 1. The van der Waals surface area contributed by atoms with E-state index in [1.807, 2.05) is 0 Å². The normalized spacial score (nSPS) is 31.5. The minimum Gasteiger partial charge on any atom is -0.297 e. The van der Waals surface area contributed by atoms with Crippen molar-refractivity contribution < 1.29 is 0 Å². The highest BCUT2D eigenvalue weighted by atomic mass is 15.2. The van der Waals surface area contributed by atoms with Gasteiger partial charge in [0.05, 0.1) is 0 Å². The quantitative estimate of drug-likeness (QED) is 0.619. The minimum atomic E-state index is 0.485. The maximum Gasteiger partial charge on any atom is 0.0147 e. The van der Waals surface area contributed by atoms with E-state index in [2.05, 4.69) is 25.7 Å². The molecule has 0 aromatic carbocycles. The van der Waals surface area contributed by atoms with E-state index >= 15 is 0 Å². The van der Waals surface area contributed by atoms with E-state index in [1.165, 1.54) is 45.1 Å². The molecule has 2 fully saturated rings. The van der Waals surface area contributed by atoms with Crippen LogP contribution in [0, 0.1) is 5.41 Å². The fourth-order valence-electron chi connectivity index (χ4n) is 3.39. The molecule has 0 spiro atoms. The zero-order valence-corrected chi connectivity index (χ0v) is 10.1. The lowest BCUT2D eigenvalue weighted by Gasteiger charge is -2.38. The summed E-state index contributed by atoms with van der Waals surface area (Å²) in [6.45, 7) is 8.59. The highest BCUT2D eigenvalue weighted by Crippen LogP contribution is 2.37. The molecule has 0 N–H and O–H groups in total. The average Bonchev–Trinajstić information content (AvgIpc) is 2.73. The molecule has 0 aromatic heterocycles. The van der Waals surface area contributed by atoms with E-state index in [1.54, 1.807) is 0 Å². The number of likely N-dealkylation sites (tertiary alicyclic amines) is 1. The van der Waals surface area contributed by atoms with Crippen molar-refractivity contribution >= 4 is 0 Å². The van der Waals surface area contributed by atoms with E-state index in [9.17, 15) is 0 Å². The van der Waals surface area contributed by atoms with Crippen LogP contribution < -0.4 is 0 Å². The second kappa shape index (κ2) is 3.84. The molecule has 82 valence electrons. The summed E-state index contributed by atoms with van der Waals surface area (Å²) in [7, 11) is 0. The number of hydrogen-bond acceptors (Lipinski definition) is 1. The second-order valence-electron chi connectivity index (χ2n) is 6.20. The van der Waals surface area contributed by atoms with Crippen LogP contribution in [-0.4, -0.2) is 23.5 Å². The molecule has 0 radical (unpaired) electrons. The molecule has 1 heteroatoms. The zero-order valence-electron chi connectivity index (χ0n) is 10.1. The van der Waals surface area contributed by atoms with Crippen LogP contribution in [0.5, 0.6) is 0 Å². The van der Waals surface area contributed by atoms with Crippen LogP contribution in [0.4, 0.5) is 0 Å². The third-order valence-electron chi connectivity index (χ3n) is 4.09. The van der Waals surface area contributed by atoms with Crippen LogP contribution >= 0.6 is 0 Å². The zero-order chi connectivity index (χ0) is 10.2. The van der Waals surface area contributed by atoms with E-state index < -0.39 is 0 Å². The SMILES string of the molecule is CC(C)(C)C1CCCN1C1CCCC1. The Hall–Kier alpha value is -0.0400. The first-order valence-corrected chi connectivity index (χ1v) is 6.35. The summed E-state index contributed by atoms with van der Waals surface area (Å²) >= 11 is 0. The summed E-state index contributed by atoms with van der Waals surface area (Å²) in [5.74, 6) is 0. The summed E-state index contributed by atoms with van der Waals surface area (Å²) in [5.41, 5.74) is 0.485. The maximum absolute atomic E-state index is 2.83. The van der Waals surface area contributed by atoms with Gasteiger partial charge in [-0.2, -0.15) is 0 Å². The monoisotopic (exact) mass is 195 g/mol. The van der Waals surface area contributed by atoms with Gasteiger partial charge in [-0.3, -0.25) is 4.90 Å². The third-order valence-corrected chi connectivity index (χ3v) is 4.09. The number of rotatable bonds is 1. The predicted molar refractivity (Wildman–Crippen MR) is 61.4 cm³/mol. The van der Waals surface area contributed by atoms with Gasteiger partial charge in [-0.25, -0.2) is 0 Å². The first kappa shape index (κ1) is 10.5. The smallest absolute Gasteiger partial charge is 0.0147 e. The molecule has 1 aliphatic carbocycles. The van der Waals surface area contributed by atoms with Crippen LogP contribution in [0.15, 0.2) is 0 Å². The molecule has 1 saturated carbocycles. The highest BCUT2D eigenvalue weighted by molar-refractivity contribution is 4.92. The summed E-state index contributed by atoms with van der Waals surface area (Å²) in [4.78, 5) is 2.83. The molecule has 0 aromatic rings. The van der Waals surface area contributed by atoms with Gasteiger partial charge in [-0.15, -0.1) is 0 Å². The summed E-state index contributed by atoms with van der Waals surface area (Å²) in [6, 6.07) is 1.78. The van der Waals surface area contributed by atoms with Gasteiger partial charge in [0.2, 0.25) is 0 Å². The van der Waals surface area contributed by atoms with Gasteiger partial charge in [0.15, 0.2) is 0 Å². The highest BCUT2D eigenvalue weighted by Gasteiger charge is 2.38.